The molecule has 0 unspecified atom stereocenters. The molecular weight excluding hydrogens is 272 g/mol. The van der Waals surface area contributed by atoms with Crippen LogP contribution in [0.2, 0.25) is 0 Å². The van der Waals surface area contributed by atoms with Gasteiger partial charge in [0.05, 0.1) is 5.41 Å². The van der Waals surface area contributed by atoms with Crippen LogP contribution < -0.4 is 4.90 Å². The van der Waals surface area contributed by atoms with Crippen LogP contribution in [-0.2, 0) is 10.2 Å². The first-order chi connectivity index (χ1) is 9.72. The molecule has 2 aromatic rings. The summed E-state index contributed by atoms with van der Waals surface area (Å²) in [5.74, 6) is -0.720. The third-order valence-corrected chi connectivity index (χ3v) is 4.87. The zero-order chi connectivity index (χ0) is 14.0. The molecule has 1 fully saturated rings. The van der Waals surface area contributed by atoms with Crippen molar-refractivity contribution in [2.45, 2.75) is 18.3 Å². The fourth-order valence-electron chi connectivity index (χ4n) is 2.84. The third-order valence-electron chi connectivity index (χ3n) is 4.04. The summed E-state index contributed by atoms with van der Waals surface area (Å²) in [5, 5.41) is 12.7. The highest BCUT2D eigenvalue weighted by Crippen LogP contribution is 2.37. The first kappa shape index (κ1) is 13.1. The van der Waals surface area contributed by atoms with Gasteiger partial charge in [-0.15, -0.1) is 11.3 Å². The second-order valence-corrected chi connectivity index (χ2v) is 5.93. The molecule has 3 rings (SSSR count). The Morgan fingerprint density at radius 2 is 1.95 bits per heavy atom. The zero-order valence-electron chi connectivity index (χ0n) is 11.0. The average Bonchev–Trinajstić information content (AvgIpc) is 3.02. The van der Waals surface area contributed by atoms with E-state index >= 15 is 0 Å². The van der Waals surface area contributed by atoms with Gasteiger partial charge in [0.25, 0.3) is 0 Å². The number of nitrogens with zero attached hydrogens (tertiary/aromatic N) is 2. The third kappa shape index (κ3) is 2.18. The molecule has 0 aliphatic carbocycles. The first-order valence-electron chi connectivity index (χ1n) is 6.66. The Balaban J connectivity index is 1.84. The van der Waals surface area contributed by atoms with Gasteiger partial charge in [-0.25, -0.2) is 4.98 Å². The summed E-state index contributed by atoms with van der Waals surface area (Å²) >= 11 is 1.60. The number of aromatic nitrogens is 1. The minimum Gasteiger partial charge on any atom is -0.481 e. The van der Waals surface area contributed by atoms with Gasteiger partial charge in [-0.05, 0) is 18.4 Å². The number of piperidine rings is 1. The van der Waals surface area contributed by atoms with Gasteiger partial charge in [-0.1, -0.05) is 30.3 Å². The van der Waals surface area contributed by atoms with Crippen molar-refractivity contribution in [1.82, 2.24) is 4.98 Å². The van der Waals surface area contributed by atoms with Gasteiger partial charge in [0, 0.05) is 24.7 Å². The number of rotatable bonds is 3. The van der Waals surface area contributed by atoms with E-state index in [1.807, 2.05) is 35.7 Å². The molecule has 1 aromatic heterocycles. The SMILES string of the molecule is O=C(O)C1(c2ccccc2)CCN(c2nccs2)CC1. The van der Waals surface area contributed by atoms with E-state index in [-0.39, 0.29) is 0 Å². The average molecular weight is 288 g/mol. The van der Waals surface area contributed by atoms with E-state index in [1.54, 1.807) is 17.5 Å². The maximum Gasteiger partial charge on any atom is 0.314 e. The van der Waals surface area contributed by atoms with Crippen molar-refractivity contribution in [1.29, 1.82) is 0 Å². The molecule has 0 amide bonds. The summed E-state index contributed by atoms with van der Waals surface area (Å²) in [6.45, 7) is 1.46. The van der Waals surface area contributed by atoms with Crippen molar-refractivity contribution in [3.63, 3.8) is 0 Å². The molecule has 4 nitrogen and oxygen atoms in total. The van der Waals surface area contributed by atoms with E-state index in [0.717, 1.165) is 23.8 Å². The van der Waals surface area contributed by atoms with Crippen LogP contribution in [0.1, 0.15) is 18.4 Å². The number of hydrogen-bond donors (Lipinski definition) is 1. The van der Waals surface area contributed by atoms with Crippen LogP contribution in [-0.4, -0.2) is 29.1 Å². The van der Waals surface area contributed by atoms with Gasteiger partial charge in [0.2, 0.25) is 0 Å². The number of anilines is 1. The van der Waals surface area contributed by atoms with E-state index in [0.29, 0.717) is 12.8 Å². The minimum atomic E-state index is -0.755. The molecule has 0 atom stereocenters. The van der Waals surface area contributed by atoms with Gasteiger partial charge in [-0.2, -0.15) is 0 Å². The Morgan fingerprint density at radius 1 is 1.25 bits per heavy atom. The fraction of sp³-hybridized carbons (Fsp3) is 0.333. The van der Waals surface area contributed by atoms with Crippen LogP contribution in [0.15, 0.2) is 41.9 Å². The summed E-state index contributed by atoms with van der Waals surface area (Å²) in [7, 11) is 0. The standard InChI is InChI=1S/C15H16N2O2S/c18-13(19)15(12-4-2-1-3-5-12)6-9-17(10-7-15)14-16-8-11-20-14/h1-5,8,11H,6-7,9-10H2,(H,18,19). The lowest BCUT2D eigenvalue weighted by atomic mass is 9.73. The number of aliphatic carboxylic acids is 1. The molecule has 1 aliphatic rings. The molecule has 0 saturated carbocycles. The molecule has 0 bridgehead atoms. The topological polar surface area (TPSA) is 53.4 Å². The van der Waals surface area contributed by atoms with Crippen LogP contribution in [0.5, 0.6) is 0 Å². The Labute approximate surface area is 121 Å². The highest BCUT2D eigenvalue weighted by Gasteiger charge is 2.43. The molecule has 104 valence electrons. The molecule has 1 aliphatic heterocycles. The fourth-order valence-corrected chi connectivity index (χ4v) is 3.53. The van der Waals surface area contributed by atoms with Crippen molar-refractivity contribution in [2.24, 2.45) is 0 Å². The number of carboxylic acids is 1. The Bertz CT molecular complexity index is 575. The number of benzene rings is 1. The van der Waals surface area contributed by atoms with E-state index in [9.17, 15) is 9.90 Å². The molecule has 2 heterocycles. The molecule has 1 saturated heterocycles. The van der Waals surface area contributed by atoms with Crippen LogP contribution in [0.4, 0.5) is 5.13 Å². The summed E-state index contributed by atoms with van der Waals surface area (Å²) in [6.07, 6.45) is 3.02. The van der Waals surface area contributed by atoms with Gasteiger partial charge in [-0.3, -0.25) is 4.79 Å². The zero-order valence-corrected chi connectivity index (χ0v) is 11.8. The summed E-state index contributed by atoms with van der Waals surface area (Å²) in [4.78, 5) is 18.3. The number of carbonyl (C=O) groups is 1. The van der Waals surface area contributed by atoms with Gasteiger partial charge in [0.1, 0.15) is 0 Å². The summed E-state index contributed by atoms with van der Waals surface area (Å²) in [5.41, 5.74) is 0.154. The molecule has 0 radical (unpaired) electrons. The van der Waals surface area contributed by atoms with Crippen molar-refractivity contribution < 1.29 is 9.90 Å². The predicted octanol–water partition coefficient (Wildman–Crippen LogP) is 2.77. The second kappa shape index (κ2) is 5.25. The molecule has 5 heteroatoms. The van der Waals surface area contributed by atoms with Crippen LogP contribution in [0, 0.1) is 0 Å². The van der Waals surface area contributed by atoms with Gasteiger partial charge < -0.3 is 10.0 Å². The van der Waals surface area contributed by atoms with Crippen LogP contribution in [0.3, 0.4) is 0 Å². The van der Waals surface area contributed by atoms with E-state index in [2.05, 4.69) is 9.88 Å². The monoisotopic (exact) mass is 288 g/mol. The second-order valence-electron chi connectivity index (χ2n) is 5.06. The predicted molar refractivity (Wildman–Crippen MR) is 79.3 cm³/mol. The van der Waals surface area contributed by atoms with E-state index in [1.165, 1.54) is 0 Å². The lowest BCUT2D eigenvalue weighted by molar-refractivity contribution is -0.144. The number of hydrogen-bond acceptors (Lipinski definition) is 4. The van der Waals surface area contributed by atoms with Gasteiger partial charge in [0.15, 0.2) is 5.13 Å². The summed E-state index contributed by atoms with van der Waals surface area (Å²) in [6, 6.07) is 9.59. The maximum absolute atomic E-state index is 11.8. The van der Waals surface area contributed by atoms with Gasteiger partial charge >= 0.3 is 5.97 Å². The molecule has 0 spiro atoms. The molecular formula is C15H16N2O2S. The normalized spacial score (nSPS) is 17.9. The minimum absolute atomic E-state index is 0.617. The first-order valence-corrected chi connectivity index (χ1v) is 7.54. The summed E-state index contributed by atoms with van der Waals surface area (Å²) < 4.78 is 0. The molecule has 1 N–H and O–H groups in total. The lowest BCUT2D eigenvalue weighted by Gasteiger charge is -2.39. The highest BCUT2D eigenvalue weighted by atomic mass is 32.1. The van der Waals surface area contributed by atoms with E-state index < -0.39 is 11.4 Å². The van der Waals surface area contributed by atoms with Crippen molar-refractivity contribution in [2.75, 3.05) is 18.0 Å². The lowest BCUT2D eigenvalue weighted by Crippen LogP contribution is -2.47. The van der Waals surface area contributed by atoms with Crippen molar-refractivity contribution in [3.8, 4) is 0 Å². The Hall–Kier alpha value is -1.88. The molecule has 20 heavy (non-hydrogen) atoms. The van der Waals surface area contributed by atoms with Crippen molar-refractivity contribution >= 4 is 22.4 Å². The Kier molecular flexibility index (Phi) is 3.44. The van der Waals surface area contributed by atoms with E-state index in [4.69, 9.17) is 0 Å². The smallest absolute Gasteiger partial charge is 0.314 e. The maximum atomic E-state index is 11.8. The Morgan fingerprint density at radius 3 is 2.50 bits per heavy atom. The van der Waals surface area contributed by atoms with Crippen LogP contribution >= 0.6 is 11.3 Å². The number of carboxylic acid groups (broad SMARTS) is 1. The largest absolute Gasteiger partial charge is 0.481 e. The number of thiazole rings is 1. The highest BCUT2D eigenvalue weighted by molar-refractivity contribution is 7.13. The molecule has 1 aromatic carbocycles. The van der Waals surface area contributed by atoms with Crippen molar-refractivity contribution in [3.05, 3.63) is 47.5 Å². The quantitative estimate of drug-likeness (QED) is 0.943. The van der Waals surface area contributed by atoms with Crippen LogP contribution in [0.25, 0.3) is 0 Å².